The van der Waals surface area contributed by atoms with Crippen molar-refractivity contribution in [2.24, 2.45) is 5.14 Å². The predicted molar refractivity (Wildman–Crippen MR) is 86.0 cm³/mol. The van der Waals surface area contributed by atoms with Gasteiger partial charge in [-0.25, -0.2) is 13.6 Å². The molecule has 2 heterocycles. The summed E-state index contributed by atoms with van der Waals surface area (Å²) in [5.41, 5.74) is 0.576. The van der Waals surface area contributed by atoms with Crippen molar-refractivity contribution in [3.8, 4) is 0 Å². The molecule has 0 saturated carbocycles. The second-order valence-corrected chi connectivity index (χ2v) is 8.54. The summed E-state index contributed by atoms with van der Waals surface area (Å²) in [5.74, 6) is -1.12. The Morgan fingerprint density at radius 3 is 2.70 bits per heavy atom. The Balaban J connectivity index is 2.23. The molecule has 0 aliphatic carbocycles. The number of hydrogen-bond acceptors (Lipinski definition) is 5. The number of carbonyl (C=O) groups is 2. The van der Waals surface area contributed by atoms with Crippen LogP contribution in [0.4, 0.5) is 0 Å². The van der Waals surface area contributed by atoms with Gasteiger partial charge >= 0.3 is 5.97 Å². The maximum atomic E-state index is 12.8. The number of primary sulfonamides is 1. The molecule has 7 nitrogen and oxygen atoms in total. The number of aliphatic carboxylic acids is 1. The van der Waals surface area contributed by atoms with Crippen LogP contribution in [0.3, 0.4) is 0 Å². The van der Waals surface area contributed by atoms with Gasteiger partial charge in [0.15, 0.2) is 0 Å². The number of amides is 1. The minimum Gasteiger partial charge on any atom is -0.481 e. The van der Waals surface area contributed by atoms with Crippen LogP contribution in [0.1, 0.15) is 47.3 Å². The highest BCUT2D eigenvalue weighted by atomic mass is 32.2. The molecular weight excluding hydrogens is 340 g/mol. The number of nitrogens with zero attached hydrogens (tertiary/aromatic N) is 1. The summed E-state index contributed by atoms with van der Waals surface area (Å²) in [7, 11) is -3.83. The molecule has 2 rings (SSSR count). The van der Waals surface area contributed by atoms with Crippen molar-refractivity contribution in [1.82, 2.24) is 4.90 Å². The number of aryl methyl sites for hydroxylation is 1. The first-order valence-electron chi connectivity index (χ1n) is 7.36. The summed E-state index contributed by atoms with van der Waals surface area (Å²) < 4.78 is 22.8. The number of rotatable bonds is 5. The van der Waals surface area contributed by atoms with Gasteiger partial charge in [0, 0.05) is 19.0 Å². The normalized spacial score (nSPS) is 18.9. The van der Waals surface area contributed by atoms with E-state index >= 15 is 0 Å². The van der Waals surface area contributed by atoms with Crippen molar-refractivity contribution in [3.05, 3.63) is 16.5 Å². The molecule has 1 aromatic rings. The molecule has 23 heavy (non-hydrogen) atoms. The number of carboxylic acid groups (broad SMARTS) is 1. The van der Waals surface area contributed by atoms with Gasteiger partial charge in [0.2, 0.25) is 10.0 Å². The van der Waals surface area contributed by atoms with Gasteiger partial charge in [-0.3, -0.25) is 9.59 Å². The molecule has 0 aromatic carbocycles. The highest BCUT2D eigenvalue weighted by Gasteiger charge is 2.30. The average Bonchev–Trinajstić information content (AvgIpc) is 2.87. The Hall–Kier alpha value is -1.45. The van der Waals surface area contributed by atoms with Gasteiger partial charge < -0.3 is 10.0 Å². The Morgan fingerprint density at radius 1 is 1.43 bits per heavy atom. The van der Waals surface area contributed by atoms with Crippen molar-refractivity contribution < 1.29 is 23.1 Å². The Morgan fingerprint density at radius 2 is 2.13 bits per heavy atom. The lowest BCUT2D eigenvalue weighted by atomic mass is 9.97. The second-order valence-electron chi connectivity index (χ2n) is 5.70. The molecule has 0 spiro atoms. The highest BCUT2D eigenvalue weighted by molar-refractivity contribution is 7.91. The first-order valence-corrected chi connectivity index (χ1v) is 9.72. The van der Waals surface area contributed by atoms with E-state index in [4.69, 9.17) is 10.2 Å². The van der Waals surface area contributed by atoms with E-state index < -0.39 is 16.0 Å². The molecule has 1 aromatic heterocycles. The third-order valence-electron chi connectivity index (χ3n) is 3.95. The zero-order valence-corrected chi connectivity index (χ0v) is 14.5. The molecule has 1 atom stereocenters. The van der Waals surface area contributed by atoms with Crippen LogP contribution in [0.5, 0.6) is 0 Å². The number of nitrogens with two attached hydrogens (primary N) is 1. The summed E-state index contributed by atoms with van der Waals surface area (Å²) in [5, 5.41) is 14.0. The molecule has 1 fully saturated rings. The van der Waals surface area contributed by atoms with Gasteiger partial charge in [-0.15, -0.1) is 11.3 Å². The lowest BCUT2D eigenvalue weighted by Gasteiger charge is -2.35. The summed E-state index contributed by atoms with van der Waals surface area (Å²) in [6.45, 7) is 2.24. The monoisotopic (exact) mass is 360 g/mol. The topological polar surface area (TPSA) is 118 Å². The molecule has 1 aliphatic heterocycles. The van der Waals surface area contributed by atoms with Crippen LogP contribution in [0.15, 0.2) is 10.3 Å². The number of piperidine rings is 1. The van der Waals surface area contributed by atoms with Gasteiger partial charge in [0.05, 0.1) is 4.88 Å². The van der Waals surface area contributed by atoms with Gasteiger partial charge in [-0.1, -0.05) is 0 Å². The third kappa shape index (κ3) is 4.30. The van der Waals surface area contributed by atoms with Crippen LogP contribution in [0.2, 0.25) is 0 Å². The van der Waals surface area contributed by atoms with E-state index in [-0.39, 0.29) is 22.6 Å². The molecule has 1 aliphatic rings. The quantitative estimate of drug-likeness (QED) is 0.826. The zero-order chi connectivity index (χ0) is 17.2. The second kappa shape index (κ2) is 6.98. The van der Waals surface area contributed by atoms with E-state index in [1.807, 2.05) is 0 Å². The van der Waals surface area contributed by atoms with E-state index in [1.54, 1.807) is 11.8 Å². The molecule has 0 radical (unpaired) electrons. The van der Waals surface area contributed by atoms with Crippen LogP contribution in [0, 0.1) is 6.92 Å². The maximum absolute atomic E-state index is 12.8. The van der Waals surface area contributed by atoms with E-state index in [2.05, 4.69) is 0 Å². The fourth-order valence-electron chi connectivity index (χ4n) is 2.79. The van der Waals surface area contributed by atoms with E-state index in [1.165, 1.54) is 6.07 Å². The first kappa shape index (κ1) is 17.9. The number of carboxylic acids is 1. The number of hydrogen-bond donors (Lipinski definition) is 2. The van der Waals surface area contributed by atoms with Crippen molar-refractivity contribution in [3.63, 3.8) is 0 Å². The van der Waals surface area contributed by atoms with Crippen LogP contribution in [-0.4, -0.2) is 42.9 Å². The Kier molecular flexibility index (Phi) is 5.43. The van der Waals surface area contributed by atoms with Crippen LogP contribution >= 0.6 is 11.3 Å². The number of likely N-dealkylation sites (tertiary alicyclic amines) is 1. The first-order chi connectivity index (χ1) is 10.7. The summed E-state index contributed by atoms with van der Waals surface area (Å²) in [6.07, 6.45) is 3.01. The Labute approximate surface area is 139 Å². The van der Waals surface area contributed by atoms with Crippen LogP contribution in [0.25, 0.3) is 0 Å². The molecular formula is C14H20N2O5S2. The van der Waals surface area contributed by atoms with Crippen molar-refractivity contribution in [2.75, 3.05) is 6.54 Å². The van der Waals surface area contributed by atoms with Crippen LogP contribution < -0.4 is 5.14 Å². The van der Waals surface area contributed by atoms with Gasteiger partial charge in [-0.05, 0) is 44.2 Å². The summed E-state index contributed by atoms with van der Waals surface area (Å²) >= 11 is 0.874. The molecule has 0 bridgehead atoms. The predicted octanol–water partition coefficient (Wildman–Crippen LogP) is 1.56. The molecule has 1 amide bonds. The molecule has 3 N–H and O–H groups in total. The van der Waals surface area contributed by atoms with E-state index in [0.29, 0.717) is 23.4 Å². The Bertz CT molecular complexity index is 711. The van der Waals surface area contributed by atoms with Crippen molar-refractivity contribution in [1.29, 1.82) is 0 Å². The molecule has 1 saturated heterocycles. The SMILES string of the molecule is Cc1cc(S(N)(=O)=O)sc1C(=O)N1CCCCC1CCC(=O)O. The van der Waals surface area contributed by atoms with Gasteiger partial charge in [0.1, 0.15) is 4.21 Å². The smallest absolute Gasteiger partial charge is 0.303 e. The number of sulfonamides is 1. The standard InChI is InChI=1S/C14H20N2O5S2/c1-9-8-12(23(15,20)21)22-13(9)14(19)16-7-3-2-4-10(16)5-6-11(17)18/h8,10H,2-7H2,1H3,(H,17,18)(H2,15,20,21). The average molecular weight is 360 g/mol. The highest BCUT2D eigenvalue weighted by Crippen LogP contribution is 2.29. The lowest BCUT2D eigenvalue weighted by molar-refractivity contribution is -0.137. The number of thiophene rings is 1. The zero-order valence-electron chi connectivity index (χ0n) is 12.8. The van der Waals surface area contributed by atoms with E-state index in [0.717, 1.165) is 30.6 Å². The lowest BCUT2D eigenvalue weighted by Crippen LogP contribution is -2.43. The fourth-order valence-corrected chi connectivity index (χ4v) is 4.71. The minimum absolute atomic E-state index is 0.0142. The number of carbonyl (C=O) groups excluding carboxylic acids is 1. The summed E-state index contributed by atoms with van der Waals surface area (Å²) in [6, 6.07) is 1.29. The van der Waals surface area contributed by atoms with E-state index in [9.17, 15) is 18.0 Å². The van der Waals surface area contributed by atoms with Crippen molar-refractivity contribution >= 4 is 33.2 Å². The largest absolute Gasteiger partial charge is 0.481 e. The van der Waals surface area contributed by atoms with Gasteiger partial charge in [-0.2, -0.15) is 0 Å². The fraction of sp³-hybridized carbons (Fsp3) is 0.571. The molecule has 9 heteroatoms. The summed E-state index contributed by atoms with van der Waals surface area (Å²) in [4.78, 5) is 25.6. The molecule has 1 unspecified atom stereocenters. The molecule has 128 valence electrons. The van der Waals surface area contributed by atoms with Crippen molar-refractivity contribution in [2.45, 2.75) is 49.3 Å². The van der Waals surface area contributed by atoms with Crippen LogP contribution in [-0.2, 0) is 14.8 Å². The third-order valence-corrected chi connectivity index (χ3v) is 6.59. The minimum atomic E-state index is -3.83. The maximum Gasteiger partial charge on any atom is 0.303 e. The van der Waals surface area contributed by atoms with Gasteiger partial charge in [0.25, 0.3) is 5.91 Å².